The number of nitrogens with zero attached hydrogens (tertiary/aromatic N) is 3. The second-order valence-corrected chi connectivity index (χ2v) is 10.8. The number of aliphatic hydroxyl groups is 2. The monoisotopic (exact) mass is 534 g/mol. The van der Waals surface area contributed by atoms with Gasteiger partial charge in [0, 0.05) is 11.6 Å². The number of aliphatic hydroxyl groups excluding tert-OH is 1. The van der Waals surface area contributed by atoms with Crippen molar-refractivity contribution in [1.82, 2.24) is 19.6 Å². The van der Waals surface area contributed by atoms with Crippen LogP contribution in [0.25, 0.3) is 11.0 Å². The fraction of sp³-hybridized carbons (Fsp3) is 0.458. The van der Waals surface area contributed by atoms with Gasteiger partial charge in [-0.15, -0.1) is 0 Å². The maximum atomic E-state index is 13.8. The minimum absolute atomic E-state index is 0.231. The first-order chi connectivity index (χ1) is 17.5. The molecule has 4 rings (SSSR count). The number of aryl methyl sites for hydroxylation is 1. The third-order valence-corrected chi connectivity index (χ3v) is 8.06. The molecule has 1 aliphatic rings. The molecule has 0 aliphatic carbocycles. The molecule has 0 bridgehead atoms. The Bertz CT molecular complexity index is 1300. The molecule has 12 nitrogen and oxygen atoms in total. The molecule has 37 heavy (non-hydrogen) atoms. The number of ether oxygens (including phenoxy) is 2. The first kappa shape index (κ1) is 27.2. The number of fused-ring (bicyclic) bond motifs is 1. The highest BCUT2D eigenvalue weighted by Gasteiger charge is 2.56. The van der Waals surface area contributed by atoms with Gasteiger partial charge in [0.1, 0.15) is 41.6 Å². The maximum Gasteiger partial charge on any atom is 0.459 e. The molecule has 0 radical (unpaired) electrons. The minimum Gasteiger partial charge on any atom is -0.468 e. The van der Waals surface area contributed by atoms with E-state index in [1.54, 1.807) is 47.2 Å². The van der Waals surface area contributed by atoms with Crippen molar-refractivity contribution in [3.05, 3.63) is 54.6 Å². The van der Waals surface area contributed by atoms with Gasteiger partial charge >= 0.3 is 13.7 Å². The molecule has 1 aromatic carbocycles. The molecule has 7 atom stereocenters. The summed E-state index contributed by atoms with van der Waals surface area (Å²) in [4.78, 5) is 20.5. The summed E-state index contributed by atoms with van der Waals surface area (Å²) in [7, 11) is -3.01. The van der Waals surface area contributed by atoms with E-state index in [1.165, 1.54) is 34.2 Å². The SMILES string of the molecule is COC(=O)[C@H](C)NP(=O)(Oc1ccccc1)OC(C)[C@H]1O[C@@H](n2ccc3c(C)ncnc32)[C@](C)(O)[C@@H]1O. The summed E-state index contributed by atoms with van der Waals surface area (Å²) in [6.07, 6.45) is -1.56. The van der Waals surface area contributed by atoms with Crippen molar-refractivity contribution in [2.45, 2.75) is 63.9 Å². The summed E-state index contributed by atoms with van der Waals surface area (Å²) < 4.78 is 37.7. The average molecular weight is 535 g/mol. The number of aromatic nitrogens is 3. The van der Waals surface area contributed by atoms with Gasteiger partial charge in [-0.25, -0.2) is 14.5 Å². The molecule has 200 valence electrons. The number of rotatable bonds is 9. The molecule has 3 heterocycles. The van der Waals surface area contributed by atoms with Crippen molar-refractivity contribution < 1.29 is 38.1 Å². The van der Waals surface area contributed by atoms with Gasteiger partial charge in [0.05, 0.1) is 18.9 Å². The third kappa shape index (κ3) is 5.40. The highest BCUT2D eigenvalue weighted by molar-refractivity contribution is 7.52. The first-order valence-electron chi connectivity index (χ1n) is 11.7. The predicted molar refractivity (Wildman–Crippen MR) is 133 cm³/mol. The number of carbonyl (C=O) groups excluding carboxylic acids is 1. The molecule has 3 N–H and O–H groups in total. The molecule has 1 saturated heterocycles. The van der Waals surface area contributed by atoms with E-state index in [1.807, 2.05) is 6.92 Å². The molecular weight excluding hydrogens is 503 g/mol. The maximum absolute atomic E-state index is 13.8. The molecule has 0 spiro atoms. The molecular formula is C24H31N4O8P. The van der Waals surface area contributed by atoms with Crippen molar-refractivity contribution in [3.8, 4) is 5.75 Å². The van der Waals surface area contributed by atoms with Gasteiger partial charge < -0.3 is 28.8 Å². The van der Waals surface area contributed by atoms with Crippen molar-refractivity contribution in [2.24, 2.45) is 0 Å². The van der Waals surface area contributed by atoms with Gasteiger partial charge in [0.15, 0.2) is 6.23 Å². The molecule has 1 aliphatic heterocycles. The van der Waals surface area contributed by atoms with Crippen LogP contribution in [0, 0.1) is 6.92 Å². The van der Waals surface area contributed by atoms with E-state index in [0.717, 1.165) is 11.1 Å². The van der Waals surface area contributed by atoms with E-state index >= 15 is 0 Å². The lowest BCUT2D eigenvalue weighted by atomic mass is 9.94. The zero-order valence-electron chi connectivity index (χ0n) is 21.1. The first-order valence-corrected chi connectivity index (χ1v) is 13.2. The number of nitrogens with one attached hydrogen (secondary N) is 1. The topological polar surface area (TPSA) is 154 Å². The van der Waals surface area contributed by atoms with E-state index in [0.29, 0.717) is 5.65 Å². The summed E-state index contributed by atoms with van der Waals surface area (Å²) in [6.45, 7) is 6.25. The van der Waals surface area contributed by atoms with E-state index in [2.05, 4.69) is 15.1 Å². The number of hydrogen-bond acceptors (Lipinski definition) is 10. The van der Waals surface area contributed by atoms with Gasteiger partial charge in [0.25, 0.3) is 0 Å². The van der Waals surface area contributed by atoms with Gasteiger partial charge in [-0.1, -0.05) is 18.2 Å². The number of benzene rings is 1. The van der Waals surface area contributed by atoms with Crippen LogP contribution in [0.15, 0.2) is 48.9 Å². The number of methoxy groups -OCH3 is 1. The number of hydrogen-bond donors (Lipinski definition) is 3. The Morgan fingerprint density at radius 3 is 2.62 bits per heavy atom. The van der Waals surface area contributed by atoms with Crippen molar-refractivity contribution in [1.29, 1.82) is 0 Å². The number of para-hydroxylation sites is 1. The van der Waals surface area contributed by atoms with Crippen LogP contribution in [0.1, 0.15) is 32.7 Å². The van der Waals surface area contributed by atoms with Crippen molar-refractivity contribution in [3.63, 3.8) is 0 Å². The van der Waals surface area contributed by atoms with Crippen LogP contribution in [0.3, 0.4) is 0 Å². The van der Waals surface area contributed by atoms with Gasteiger partial charge in [-0.3, -0.25) is 9.32 Å². The van der Waals surface area contributed by atoms with E-state index in [4.69, 9.17) is 18.5 Å². The second-order valence-electron chi connectivity index (χ2n) is 9.13. The molecule has 3 aromatic rings. The zero-order chi connectivity index (χ0) is 27.0. The summed E-state index contributed by atoms with van der Waals surface area (Å²) in [5.74, 6) is -0.445. The lowest BCUT2D eigenvalue weighted by Gasteiger charge is -2.29. The smallest absolute Gasteiger partial charge is 0.459 e. The van der Waals surface area contributed by atoms with Crippen LogP contribution in [0.2, 0.25) is 0 Å². The Hall–Kier alpha value is -2.86. The van der Waals surface area contributed by atoms with Gasteiger partial charge in [0.2, 0.25) is 0 Å². The van der Waals surface area contributed by atoms with Crippen LogP contribution < -0.4 is 9.61 Å². The fourth-order valence-electron chi connectivity index (χ4n) is 4.28. The molecule has 13 heteroatoms. The lowest BCUT2D eigenvalue weighted by molar-refractivity contribution is -0.142. The van der Waals surface area contributed by atoms with E-state index in [9.17, 15) is 19.6 Å². The molecule has 0 saturated carbocycles. The zero-order valence-corrected chi connectivity index (χ0v) is 22.0. The van der Waals surface area contributed by atoms with Crippen molar-refractivity contribution in [2.75, 3.05) is 7.11 Å². The molecule has 0 amide bonds. The largest absolute Gasteiger partial charge is 0.468 e. The third-order valence-electron chi connectivity index (χ3n) is 6.30. The van der Waals surface area contributed by atoms with Crippen LogP contribution in [0.4, 0.5) is 0 Å². The number of esters is 1. The molecule has 2 aromatic heterocycles. The van der Waals surface area contributed by atoms with Crippen LogP contribution in [0.5, 0.6) is 5.75 Å². The highest BCUT2D eigenvalue weighted by atomic mass is 31.2. The summed E-state index contributed by atoms with van der Waals surface area (Å²) >= 11 is 0. The van der Waals surface area contributed by atoms with Crippen LogP contribution in [-0.4, -0.2) is 67.8 Å². The normalized spacial score (nSPS) is 26.9. The van der Waals surface area contributed by atoms with Gasteiger partial charge in [-0.2, -0.15) is 5.09 Å². The van der Waals surface area contributed by atoms with Gasteiger partial charge in [-0.05, 0) is 45.9 Å². The molecule has 2 unspecified atom stereocenters. The fourth-order valence-corrected chi connectivity index (χ4v) is 5.98. The van der Waals surface area contributed by atoms with Crippen LogP contribution >= 0.6 is 7.75 Å². The second kappa shape index (κ2) is 10.5. The lowest BCUT2D eigenvalue weighted by Crippen LogP contribution is -2.46. The standard InChI is InChI=1S/C24H31N4O8P/c1-14-18-11-12-28(21(18)26-13-25-14)23-24(4,31)20(29)19(34-23)16(3)35-37(32,27-15(2)22(30)33-5)36-17-9-7-6-8-10-17/h6-13,15-16,19-20,23,29,31H,1-5H3,(H,27,32)/t15-,16?,19+,20+,23+,24+,37?/m0/s1. The highest BCUT2D eigenvalue weighted by Crippen LogP contribution is 2.49. The number of carbonyl (C=O) groups is 1. The van der Waals surface area contributed by atoms with Crippen LogP contribution in [-0.2, 0) is 23.4 Å². The van der Waals surface area contributed by atoms with E-state index in [-0.39, 0.29) is 5.75 Å². The average Bonchev–Trinajstić information content (AvgIpc) is 3.38. The summed E-state index contributed by atoms with van der Waals surface area (Å²) in [5, 5.41) is 25.6. The quantitative estimate of drug-likeness (QED) is 0.274. The Morgan fingerprint density at radius 1 is 1.24 bits per heavy atom. The Kier molecular flexibility index (Phi) is 7.70. The predicted octanol–water partition coefficient (Wildman–Crippen LogP) is 2.49. The summed E-state index contributed by atoms with van der Waals surface area (Å²) in [6, 6.07) is 9.04. The Labute approximate surface area is 214 Å². The van der Waals surface area contributed by atoms with E-state index < -0.39 is 49.9 Å². The Morgan fingerprint density at radius 2 is 1.95 bits per heavy atom. The summed E-state index contributed by atoms with van der Waals surface area (Å²) in [5.41, 5.74) is -0.491. The molecule has 1 fully saturated rings. The Balaban J connectivity index is 1.60. The van der Waals surface area contributed by atoms with Crippen molar-refractivity contribution >= 4 is 24.7 Å². The minimum atomic E-state index is -4.22.